The maximum atomic E-state index is 13.9. The summed E-state index contributed by atoms with van der Waals surface area (Å²) in [5, 5.41) is 38.2. The van der Waals surface area contributed by atoms with Gasteiger partial charge in [-0.3, -0.25) is 34.4 Å². The van der Waals surface area contributed by atoms with E-state index >= 15 is 0 Å². The van der Waals surface area contributed by atoms with Crippen LogP contribution in [0.1, 0.15) is 116 Å². The van der Waals surface area contributed by atoms with Crippen molar-refractivity contribution in [2.75, 3.05) is 65.8 Å². The lowest BCUT2D eigenvalue weighted by Crippen LogP contribution is -2.54. The second kappa shape index (κ2) is 28.2. The van der Waals surface area contributed by atoms with E-state index in [-0.39, 0.29) is 73.3 Å². The maximum absolute atomic E-state index is 13.9. The van der Waals surface area contributed by atoms with Gasteiger partial charge in [-0.05, 0) is 108 Å². The molecule has 4 amide bonds. The van der Waals surface area contributed by atoms with Gasteiger partial charge >= 0.3 is 5.97 Å². The van der Waals surface area contributed by atoms with Gasteiger partial charge in [0.2, 0.25) is 23.6 Å². The van der Waals surface area contributed by atoms with Crippen molar-refractivity contribution in [3.63, 3.8) is 0 Å². The Morgan fingerprint density at radius 1 is 1.06 bits per heavy atom. The van der Waals surface area contributed by atoms with Gasteiger partial charge in [-0.25, -0.2) is 14.8 Å². The Kier molecular flexibility index (Phi) is 22.0. The average molecular weight is 1120 g/mol. The highest BCUT2D eigenvalue weighted by molar-refractivity contribution is 8.00. The molecule has 0 saturated heterocycles. The Morgan fingerprint density at radius 2 is 1.78 bits per heavy atom. The number of aliphatic hydroxyl groups is 2. The van der Waals surface area contributed by atoms with Crippen LogP contribution in [0.15, 0.2) is 64.0 Å². The Balaban J connectivity index is 0.978. The summed E-state index contributed by atoms with van der Waals surface area (Å²) in [6, 6.07) is -0.236. The van der Waals surface area contributed by atoms with Crippen LogP contribution in [0.2, 0.25) is 0 Å². The molecule has 5 heterocycles. The quantitative estimate of drug-likeness (QED) is 0.0172. The number of aromatic nitrogens is 6. The van der Waals surface area contributed by atoms with E-state index < -0.39 is 78.9 Å². The van der Waals surface area contributed by atoms with Gasteiger partial charge in [0.25, 0.3) is 5.56 Å². The molecule has 3 aromatic heterocycles. The molecule has 1 aliphatic carbocycles. The van der Waals surface area contributed by atoms with Crippen molar-refractivity contribution < 1.29 is 48.4 Å². The number of thioether (sulfide) groups is 1. The smallest absolute Gasteiger partial charge is 0.343 e. The number of amides is 4. The van der Waals surface area contributed by atoms with Gasteiger partial charge in [-0.15, -0.1) is 5.10 Å². The third-order valence-corrected chi connectivity index (χ3v) is 16.3. The zero-order valence-corrected chi connectivity index (χ0v) is 47.7. The van der Waals surface area contributed by atoms with Crippen LogP contribution in [-0.2, 0) is 56.9 Å². The van der Waals surface area contributed by atoms with Gasteiger partial charge in [0.1, 0.15) is 44.5 Å². The fourth-order valence-corrected chi connectivity index (χ4v) is 11.0. The van der Waals surface area contributed by atoms with Gasteiger partial charge in [-0.1, -0.05) is 59.5 Å². The van der Waals surface area contributed by atoms with Gasteiger partial charge in [-0.2, -0.15) is 4.79 Å². The molecular weight excluding hydrogens is 1040 g/mol. The van der Waals surface area contributed by atoms with Crippen molar-refractivity contribution in [1.82, 2.24) is 55.4 Å². The summed E-state index contributed by atoms with van der Waals surface area (Å²) in [6.45, 7) is 18.7. The average Bonchev–Trinajstić information content (AvgIpc) is 4.12. The molecule has 1 unspecified atom stereocenters. The number of pyridine rings is 1. The number of ether oxygens (including phenoxy) is 3. The van der Waals surface area contributed by atoms with E-state index in [1.807, 2.05) is 32.8 Å². The normalized spacial score (nSPS) is 17.7. The molecule has 1 saturated carbocycles. The van der Waals surface area contributed by atoms with Crippen molar-refractivity contribution in [2.45, 2.75) is 146 Å². The molecule has 79 heavy (non-hydrogen) atoms. The molecule has 432 valence electrons. The number of nitrogens with zero attached hydrogens (tertiary/aromatic N) is 9. The number of aliphatic hydroxyl groups excluding tert-OH is 1. The molecule has 2 aliphatic heterocycles. The van der Waals surface area contributed by atoms with Crippen LogP contribution < -0.4 is 26.9 Å². The first kappa shape index (κ1) is 61.8. The van der Waals surface area contributed by atoms with Gasteiger partial charge < -0.3 is 54.7 Å². The molecule has 6 rings (SSSR count). The summed E-state index contributed by atoms with van der Waals surface area (Å²) < 4.78 is 17.8. The number of aliphatic imine (C=N–C) groups is 1. The SMILES string of the molecule is C=C(CC(CN(CC)C(=O)COCNC(=O)CNC(=O)[C@H](CCCCN(C)C)NC(=O)[C@@H](Nn1cc(-c2cnc(SC(CC)(CC)C3CC3)nc2)nn1)C(C)C)OCO)/N=C1\C(=C)Cn2c1cc1c(c2=O)COC(=O)[C@]1(O)CC. The topological polar surface area (TPSA) is 299 Å². The minimum Gasteiger partial charge on any atom is -0.458 e. The number of esters is 1. The zero-order chi connectivity index (χ0) is 57.6. The standard InChI is InChI=1S/C54H79N13O11S/c1-11-53(12-2,37-18-19-37)79-52-56-23-36(24-57-52)42-28-67(63-61-42)62-46(33(5)6)49(72)60-41(17-15-16-20-64(9)10)48(71)55-25-44(69)58-31-76-30-45(70)65(14-4)27-38(78-32-68)21-35(8)59-47-34(7)26-66-43(47)22-40-39(50(66)73)29-77-51(74)54(40,75)13-3/h22-24,28,33,37-38,41,46,62,68,75H,7-8,11-21,25-27,29-32H2,1-6,9-10H3,(H,55,71)(H,58,69)(H,60,72)/b59-47+/t38?,41-,46-,54-/m0/s1. The van der Waals surface area contributed by atoms with Gasteiger partial charge in [0.15, 0.2) is 10.8 Å². The minimum absolute atomic E-state index is 0.00326. The highest BCUT2D eigenvalue weighted by Crippen LogP contribution is 2.53. The molecule has 1 fully saturated rings. The van der Waals surface area contributed by atoms with Crippen molar-refractivity contribution in [1.29, 1.82) is 0 Å². The molecule has 24 nitrogen and oxygen atoms in total. The maximum Gasteiger partial charge on any atom is 0.343 e. The number of likely N-dealkylation sites (N-methyl/N-ethyl adjacent to an activating group) is 1. The molecule has 3 aromatic rings. The third kappa shape index (κ3) is 15.7. The molecule has 0 bridgehead atoms. The van der Waals surface area contributed by atoms with E-state index in [1.54, 1.807) is 50.3 Å². The van der Waals surface area contributed by atoms with E-state index in [0.717, 1.165) is 31.0 Å². The summed E-state index contributed by atoms with van der Waals surface area (Å²) >= 11 is 1.75. The van der Waals surface area contributed by atoms with E-state index in [0.29, 0.717) is 47.0 Å². The number of carbonyl (C=O) groups excluding carboxylic acids is 5. The van der Waals surface area contributed by atoms with E-state index in [2.05, 4.69) is 73.7 Å². The summed E-state index contributed by atoms with van der Waals surface area (Å²) in [4.78, 5) is 98.6. The van der Waals surface area contributed by atoms with Crippen LogP contribution in [0.3, 0.4) is 0 Å². The lowest BCUT2D eigenvalue weighted by molar-refractivity contribution is -0.172. The fourth-order valence-electron chi connectivity index (χ4n) is 9.72. The first-order valence-corrected chi connectivity index (χ1v) is 27.9. The Labute approximate surface area is 465 Å². The summed E-state index contributed by atoms with van der Waals surface area (Å²) in [5.41, 5.74) is 3.64. The van der Waals surface area contributed by atoms with Gasteiger partial charge in [0, 0.05) is 53.5 Å². The fraction of sp³-hybridized carbons (Fsp3) is 0.611. The monoisotopic (exact) mass is 1120 g/mol. The summed E-state index contributed by atoms with van der Waals surface area (Å²) in [5.74, 6) is -2.45. The van der Waals surface area contributed by atoms with Crippen LogP contribution in [0.4, 0.5) is 0 Å². The van der Waals surface area contributed by atoms with Crippen molar-refractivity contribution in [3.05, 3.63) is 76.3 Å². The summed E-state index contributed by atoms with van der Waals surface area (Å²) in [6.07, 6.45) is 10.6. The zero-order valence-electron chi connectivity index (χ0n) is 46.8. The van der Waals surface area contributed by atoms with Crippen LogP contribution in [-0.4, -0.2) is 168 Å². The lowest BCUT2D eigenvalue weighted by atomic mass is 9.86. The Morgan fingerprint density at radius 3 is 2.42 bits per heavy atom. The number of hydrogen-bond acceptors (Lipinski definition) is 19. The Hall–Kier alpha value is -6.38. The highest BCUT2D eigenvalue weighted by Gasteiger charge is 2.46. The first-order chi connectivity index (χ1) is 37.7. The number of carbonyl (C=O) groups is 5. The number of fused-ring (bicyclic) bond motifs is 2. The first-order valence-electron chi connectivity index (χ1n) is 27.1. The van der Waals surface area contributed by atoms with E-state index in [4.69, 9.17) is 14.2 Å². The second-order valence-electron chi connectivity index (χ2n) is 20.8. The summed E-state index contributed by atoms with van der Waals surface area (Å²) in [7, 11) is 3.90. The van der Waals surface area contributed by atoms with Crippen molar-refractivity contribution in [3.8, 4) is 11.3 Å². The molecule has 6 N–H and O–H groups in total. The number of nitrogens with one attached hydrogen (secondary N) is 4. The number of allylic oxidation sites excluding steroid dienone is 1. The van der Waals surface area contributed by atoms with E-state index in [9.17, 15) is 39.0 Å². The molecule has 0 aromatic carbocycles. The van der Waals surface area contributed by atoms with Crippen LogP contribution >= 0.6 is 11.8 Å². The molecule has 3 aliphatic rings. The molecular formula is C54H79N13O11S. The molecule has 0 spiro atoms. The van der Waals surface area contributed by atoms with E-state index in [1.165, 1.54) is 27.1 Å². The van der Waals surface area contributed by atoms with Crippen LogP contribution in [0.5, 0.6) is 0 Å². The third-order valence-electron chi connectivity index (χ3n) is 14.6. The highest BCUT2D eigenvalue weighted by atomic mass is 32.2. The van der Waals surface area contributed by atoms with Crippen molar-refractivity contribution in [2.24, 2.45) is 16.8 Å². The molecule has 0 radical (unpaired) electrons. The minimum atomic E-state index is -2.00. The van der Waals surface area contributed by atoms with Crippen LogP contribution in [0.25, 0.3) is 11.3 Å². The molecule has 25 heteroatoms. The predicted octanol–water partition coefficient (Wildman–Crippen LogP) is 2.75. The second-order valence-corrected chi connectivity index (χ2v) is 22.1. The largest absolute Gasteiger partial charge is 0.458 e. The van der Waals surface area contributed by atoms with Gasteiger partial charge in [0.05, 0.1) is 42.4 Å². The van der Waals surface area contributed by atoms with Crippen molar-refractivity contribution >= 4 is 47.1 Å². The number of cyclic esters (lactones) is 1. The molecule has 4 atom stereocenters. The predicted molar refractivity (Wildman–Crippen MR) is 296 cm³/mol. The van der Waals surface area contributed by atoms with Crippen LogP contribution in [0, 0.1) is 11.8 Å². The lowest BCUT2D eigenvalue weighted by Gasteiger charge is -2.31. The number of hydrogen-bond donors (Lipinski definition) is 6. The Bertz CT molecular complexity index is 2760. The number of unbranched alkanes of at least 4 members (excludes halogenated alkanes) is 1. The number of rotatable bonds is 32.